The minimum absolute atomic E-state index is 0.00406. The molecule has 5 heteroatoms. The van der Waals surface area contributed by atoms with Gasteiger partial charge in [0.2, 0.25) is 5.89 Å². The second-order valence-electron chi connectivity index (χ2n) is 4.21. The second kappa shape index (κ2) is 4.97. The van der Waals surface area contributed by atoms with Gasteiger partial charge in [0, 0.05) is 18.2 Å². The van der Waals surface area contributed by atoms with Crippen molar-refractivity contribution < 1.29 is 9.34 Å². The zero-order valence-corrected chi connectivity index (χ0v) is 10.4. The second-order valence-corrected chi connectivity index (χ2v) is 4.21. The van der Waals surface area contributed by atoms with Crippen molar-refractivity contribution in [3.8, 4) is 0 Å². The molecule has 0 N–H and O–H groups in total. The summed E-state index contributed by atoms with van der Waals surface area (Å²) in [5, 5.41) is 10.7. The minimum atomic E-state index is -0.451. The Kier molecular flexibility index (Phi) is 3.01. The van der Waals surface area contributed by atoms with Crippen molar-refractivity contribution in [1.82, 2.24) is 4.98 Å². The van der Waals surface area contributed by atoms with Crippen LogP contribution in [-0.2, 0) is 0 Å². The SMILES string of the molecule is O=[N+]([O-])c1ccc2oc(C=Cc3ccccc3)nc2c1. The van der Waals surface area contributed by atoms with Crippen LogP contribution >= 0.6 is 0 Å². The fourth-order valence-corrected chi connectivity index (χ4v) is 1.85. The molecule has 0 fully saturated rings. The van der Waals surface area contributed by atoms with E-state index in [1.54, 1.807) is 12.1 Å². The number of benzene rings is 2. The van der Waals surface area contributed by atoms with E-state index in [1.165, 1.54) is 12.1 Å². The predicted octanol–water partition coefficient (Wildman–Crippen LogP) is 3.91. The van der Waals surface area contributed by atoms with Gasteiger partial charge in [0.25, 0.3) is 5.69 Å². The molecular formula is C15H10N2O3. The lowest BCUT2D eigenvalue weighted by Gasteiger charge is -1.89. The van der Waals surface area contributed by atoms with Crippen LogP contribution in [0.15, 0.2) is 52.9 Å². The maximum atomic E-state index is 10.7. The average molecular weight is 266 g/mol. The van der Waals surface area contributed by atoms with Crippen LogP contribution in [-0.4, -0.2) is 9.91 Å². The molecule has 0 aliphatic rings. The van der Waals surface area contributed by atoms with E-state index in [1.807, 2.05) is 36.4 Å². The van der Waals surface area contributed by atoms with Crippen molar-refractivity contribution in [3.05, 3.63) is 70.1 Å². The summed E-state index contributed by atoms with van der Waals surface area (Å²) in [7, 11) is 0. The third kappa shape index (κ3) is 2.42. The molecule has 0 atom stereocenters. The Morgan fingerprint density at radius 1 is 1.10 bits per heavy atom. The van der Waals surface area contributed by atoms with Crippen molar-refractivity contribution >= 4 is 28.9 Å². The van der Waals surface area contributed by atoms with Crippen LogP contribution < -0.4 is 0 Å². The largest absolute Gasteiger partial charge is 0.437 e. The van der Waals surface area contributed by atoms with Gasteiger partial charge >= 0.3 is 0 Å². The number of hydrogen-bond donors (Lipinski definition) is 0. The Hall–Kier alpha value is -2.95. The van der Waals surface area contributed by atoms with Gasteiger partial charge in [-0.3, -0.25) is 10.1 Å². The molecule has 2 aromatic carbocycles. The highest BCUT2D eigenvalue weighted by Gasteiger charge is 2.10. The Morgan fingerprint density at radius 2 is 1.90 bits per heavy atom. The minimum Gasteiger partial charge on any atom is -0.437 e. The fraction of sp³-hybridized carbons (Fsp3) is 0. The summed E-state index contributed by atoms with van der Waals surface area (Å²) < 4.78 is 5.50. The quantitative estimate of drug-likeness (QED) is 0.532. The number of oxazole rings is 1. The molecule has 0 amide bonds. The standard InChI is InChI=1S/C15H10N2O3/c18-17(19)12-7-8-14-13(10-12)16-15(20-14)9-6-11-4-2-1-3-5-11/h1-10H. The maximum Gasteiger partial charge on any atom is 0.271 e. The first-order valence-electron chi connectivity index (χ1n) is 6.00. The number of nitro benzene ring substituents is 1. The summed E-state index contributed by atoms with van der Waals surface area (Å²) in [4.78, 5) is 14.5. The fourth-order valence-electron chi connectivity index (χ4n) is 1.85. The van der Waals surface area contributed by atoms with Crippen LogP contribution in [0, 0.1) is 10.1 Å². The molecule has 20 heavy (non-hydrogen) atoms. The molecule has 3 rings (SSSR count). The third-order valence-corrected chi connectivity index (χ3v) is 2.82. The Bertz CT molecular complexity index is 791. The van der Waals surface area contributed by atoms with Gasteiger partial charge in [-0.15, -0.1) is 0 Å². The highest BCUT2D eigenvalue weighted by atomic mass is 16.6. The molecule has 0 radical (unpaired) electrons. The average Bonchev–Trinajstić information content (AvgIpc) is 2.88. The van der Waals surface area contributed by atoms with Crippen molar-refractivity contribution in [2.75, 3.05) is 0 Å². The number of hydrogen-bond acceptors (Lipinski definition) is 4. The molecule has 0 saturated heterocycles. The van der Waals surface area contributed by atoms with Gasteiger partial charge in [-0.1, -0.05) is 30.3 Å². The van der Waals surface area contributed by atoms with E-state index >= 15 is 0 Å². The summed E-state index contributed by atoms with van der Waals surface area (Å²) in [5.41, 5.74) is 2.04. The molecule has 0 saturated carbocycles. The number of rotatable bonds is 3. The van der Waals surface area contributed by atoms with Gasteiger partial charge in [-0.2, -0.15) is 0 Å². The number of nitro groups is 1. The van der Waals surface area contributed by atoms with E-state index in [4.69, 9.17) is 4.42 Å². The van der Waals surface area contributed by atoms with E-state index in [-0.39, 0.29) is 5.69 Å². The zero-order chi connectivity index (χ0) is 13.9. The maximum absolute atomic E-state index is 10.7. The normalized spacial score (nSPS) is 11.2. The van der Waals surface area contributed by atoms with Gasteiger partial charge in [-0.25, -0.2) is 4.98 Å². The molecule has 0 spiro atoms. The first-order chi connectivity index (χ1) is 9.72. The topological polar surface area (TPSA) is 69.2 Å². The predicted molar refractivity (Wildman–Crippen MR) is 76.0 cm³/mol. The monoisotopic (exact) mass is 266 g/mol. The van der Waals surface area contributed by atoms with Gasteiger partial charge in [-0.05, 0) is 17.7 Å². The highest BCUT2D eigenvalue weighted by molar-refractivity contribution is 5.78. The van der Waals surface area contributed by atoms with Crippen LogP contribution in [0.5, 0.6) is 0 Å². The van der Waals surface area contributed by atoms with Gasteiger partial charge in [0.1, 0.15) is 5.52 Å². The molecule has 0 unspecified atom stereocenters. The molecule has 0 aliphatic carbocycles. The summed E-state index contributed by atoms with van der Waals surface area (Å²) >= 11 is 0. The van der Waals surface area contributed by atoms with E-state index in [2.05, 4.69) is 4.98 Å². The van der Waals surface area contributed by atoms with Gasteiger partial charge in [0.05, 0.1) is 4.92 Å². The third-order valence-electron chi connectivity index (χ3n) is 2.82. The lowest BCUT2D eigenvalue weighted by atomic mass is 10.2. The lowest BCUT2D eigenvalue weighted by Crippen LogP contribution is -1.86. The first kappa shape index (κ1) is 12.1. The van der Waals surface area contributed by atoms with Crippen LogP contribution in [0.25, 0.3) is 23.3 Å². The van der Waals surface area contributed by atoms with Gasteiger partial charge < -0.3 is 4.42 Å². The Labute approximate surface area is 114 Å². The van der Waals surface area contributed by atoms with E-state index in [0.717, 1.165) is 5.56 Å². The van der Waals surface area contributed by atoms with Crippen molar-refractivity contribution in [2.45, 2.75) is 0 Å². The molecule has 1 aromatic heterocycles. The molecule has 0 aliphatic heterocycles. The number of non-ortho nitro benzene ring substituents is 1. The highest BCUT2D eigenvalue weighted by Crippen LogP contribution is 2.22. The first-order valence-corrected chi connectivity index (χ1v) is 6.00. The van der Waals surface area contributed by atoms with Crippen molar-refractivity contribution in [1.29, 1.82) is 0 Å². The van der Waals surface area contributed by atoms with E-state index in [0.29, 0.717) is 17.0 Å². The summed E-state index contributed by atoms with van der Waals surface area (Å²) in [6.07, 6.45) is 3.61. The van der Waals surface area contributed by atoms with Crippen LogP contribution in [0.4, 0.5) is 5.69 Å². The Morgan fingerprint density at radius 3 is 2.65 bits per heavy atom. The zero-order valence-electron chi connectivity index (χ0n) is 10.4. The molecule has 1 heterocycles. The molecular weight excluding hydrogens is 256 g/mol. The van der Waals surface area contributed by atoms with Gasteiger partial charge in [0.15, 0.2) is 5.58 Å². The summed E-state index contributed by atoms with van der Waals surface area (Å²) in [5.74, 6) is 0.421. The van der Waals surface area contributed by atoms with Crippen LogP contribution in [0.3, 0.4) is 0 Å². The van der Waals surface area contributed by atoms with Crippen molar-refractivity contribution in [3.63, 3.8) is 0 Å². The lowest BCUT2D eigenvalue weighted by molar-refractivity contribution is -0.384. The van der Waals surface area contributed by atoms with E-state index in [9.17, 15) is 10.1 Å². The van der Waals surface area contributed by atoms with Crippen molar-refractivity contribution in [2.24, 2.45) is 0 Å². The molecule has 5 nitrogen and oxygen atoms in total. The summed E-state index contributed by atoms with van der Waals surface area (Å²) in [6, 6.07) is 14.1. The number of aromatic nitrogens is 1. The number of nitrogens with zero attached hydrogens (tertiary/aromatic N) is 2. The number of fused-ring (bicyclic) bond motifs is 1. The van der Waals surface area contributed by atoms with Crippen LogP contribution in [0.1, 0.15) is 11.5 Å². The molecule has 0 bridgehead atoms. The molecule has 3 aromatic rings. The Balaban J connectivity index is 1.93. The van der Waals surface area contributed by atoms with Crippen LogP contribution in [0.2, 0.25) is 0 Å². The smallest absolute Gasteiger partial charge is 0.271 e. The molecule has 98 valence electrons. The van der Waals surface area contributed by atoms with E-state index < -0.39 is 4.92 Å². The summed E-state index contributed by atoms with van der Waals surface area (Å²) in [6.45, 7) is 0.